The Labute approximate surface area is 238 Å². The standard InChI is InChI=1S/C28H34N4O6S2/c1-37-23-9-6-20(15-24(23)38-2)26(33)29-17-18-4-3-5-19(14-18)27(34)31-28-30-22-8-7-21(16-25(22)39-28)32-10-12-40(35,36)13-11-32/h3-6,9,14-15,21,28,30H,7-8,10-13,16-17H2,1-2H3,(H,29,33)(H,31,34). The Hall–Kier alpha value is -3.22. The van der Waals surface area contributed by atoms with Gasteiger partial charge >= 0.3 is 0 Å². The largest absolute Gasteiger partial charge is 0.493 e. The minimum atomic E-state index is -2.90. The topological polar surface area (TPSA) is 126 Å². The van der Waals surface area contributed by atoms with Gasteiger partial charge in [-0.1, -0.05) is 23.9 Å². The third kappa shape index (κ3) is 6.56. The monoisotopic (exact) mass is 586 g/mol. The summed E-state index contributed by atoms with van der Waals surface area (Å²) in [6, 6.07) is 12.5. The fourth-order valence-corrected chi connectivity index (χ4v) is 7.72. The molecule has 214 valence electrons. The van der Waals surface area contributed by atoms with E-state index in [0.717, 1.165) is 24.8 Å². The SMILES string of the molecule is COc1ccc(C(=O)NCc2cccc(C(=O)NC3NC4=C(CC(N5CCS(=O)(=O)CC5)CC4)S3)c2)cc1OC. The molecule has 0 spiro atoms. The summed E-state index contributed by atoms with van der Waals surface area (Å²) in [5.41, 5.74) is 2.67. The van der Waals surface area contributed by atoms with Gasteiger partial charge in [0, 0.05) is 47.4 Å². The average Bonchev–Trinajstić information content (AvgIpc) is 3.37. The predicted octanol–water partition coefficient (Wildman–Crippen LogP) is 2.48. The summed E-state index contributed by atoms with van der Waals surface area (Å²) in [5.74, 6) is 1.03. The van der Waals surface area contributed by atoms with Gasteiger partial charge in [-0.15, -0.1) is 0 Å². The zero-order chi connectivity index (χ0) is 28.3. The van der Waals surface area contributed by atoms with Crippen molar-refractivity contribution in [1.82, 2.24) is 20.9 Å². The molecule has 2 aliphatic heterocycles. The van der Waals surface area contributed by atoms with Crippen molar-refractivity contribution in [3.05, 3.63) is 69.8 Å². The lowest BCUT2D eigenvalue weighted by atomic mass is 9.97. The number of carbonyl (C=O) groups is 2. The van der Waals surface area contributed by atoms with Crippen molar-refractivity contribution in [3.8, 4) is 11.5 Å². The molecule has 0 saturated carbocycles. The maximum atomic E-state index is 13.1. The number of thioether (sulfide) groups is 1. The normalized spacial score (nSPS) is 22.1. The molecule has 12 heteroatoms. The second kappa shape index (κ2) is 12.1. The minimum absolute atomic E-state index is 0.198. The summed E-state index contributed by atoms with van der Waals surface area (Å²) in [6.45, 7) is 1.46. The molecule has 3 N–H and O–H groups in total. The molecule has 0 aromatic heterocycles. The van der Waals surface area contributed by atoms with Gasteiger partial charge in [0.1, 0.15) is 0 Å². The summed E-state index contributed by atoms with van der Waals surface area (Å²) in [6.07, 6.45) is 2.73. The molecule has 1 aliphatic carbocycles. The fourth-order valence-electron chi connectivity index (χ4n) is 5.25. The molecule has 3 aliphatic rings. The third-order valence-corrected chi connectivity index (χ3v) is 10.3. The van der Waals surface area contributed by atoms with Gasteiger partial charge in [0.05, 0.1) is 25.7 Å². The predicted molar refractivity (Wildman–Crippen MR) is 154 cm³/mol. The van der Waals surface area contributed by atoms with Gasteiger partial charge < -0.3 is 25.4 Å². The quantitative estimate of drug-likeness (QED) is 0.428. The second-order valence-corrected chi connectivity index (χ2v) is 13.6. The number of nitrogens with one attached hydrogen (secondary N) is 3. The first-order chi connectivity index (χ1) is 19.2. The number of hydrogen-bond acceptors (Lipinski definition) is 9. The molecule has 2 aromatic rings. The average molecular weight is 587 g/mol. The number of methoxy groups -OCH3 is 2. The molecule has 40 heavy (non-hydrogen) atoms. The van der Waals surface area contributed by atoms with Crippen molar-refractivity contribution in [1.29, 1.82) is 0 Å². The Morgan fingerprint density at radius 1 is 1.02 bits per heavy atom. The van der Waals surface area contributed by atoms with E-state index >= 15 is 0 Å². The van der Waals surface area contributed by atoms with Crippen LogP contribution >= 0.6 is 11.8 Å². The van der Waals surface area contributed by atoms with Gasteiger partial charge in [-0.2, -0.15) is 0 Å². The highest BCUT2D eigenvalue weighted by atomic mass is 32.2. The summed E-state index contributed by atoms with van der Waals surface area (Å²) in [7, 11) is 0.158. The lowest BCUT2D eigenvalue weighted by Gasteiger charge is -2.36. The van der Waals surface area contributed by atoms with Crippen LogP contribution in [0.1, 0.15) is 45.5 Å². The van der Waals surface area contributed by atoms with Crippen LogP contribution in [0.3, 0.4) is 0 Å². The van der Waals surface area contributed by atoms with Gasteiger partial charge in [-0.3, -0.25) is 14.5 Å². The van der Waals surface area contributed by atoms with Crippen molar-refractivity contribution in [2.75, 3.05) is 38.8 Å². The molecular formula is C28H34N4O6S2. The van der Waals surface area contributed by atoms with Crippen LogP contribution in [0.5, 0.6) is 11.5 Å². The molecule has 2 amide bonds. The van der Waals surface area contributed by atoms with E-state index in [1.807, 2.05) is 6.07 Å². The molecule has 0 radical (unpaired) electrons. The molecule has 2 aromatic carbocycles. The van der Waals surface area contributed by atoms with Crippen LogP contribution < -0.4 is 25.4 Å². The first-order valence-electron chi connectivity index (χ1n) is 13.2. The molecule has 1 saturated heterocycles. The van der Waals surface area contributed by atoms with Gasteiger partial charge in [0.25, 0.3) is 11.8 Å². The Morgan fingerprint density at radius 3 is 2.52 bits per heavy atom. The summed E-state index contributed by atoms with van der Waals surface area (Å²) >= 11 is 1.62. The molecule has 2 atom stereocenters. The Bertz CT molecular complexity index is 1410. The summed E-state index contributed by atoms with van der Waals surface area (Å²) in [4.78, 5) is 29.3. The van der Waals surface area contributed by atoms with E-state index in [4.69, 9.17) is 9.47 Å². The van der Waals surface area contributed by atoms with Crippen LogP contribution in [0.25, 0.3) is 0 Å². The molecule has 10 nitrogen and oxygen atoms in total. The Balaban J connectivity index is 1.13. The molecular weight excluding hydrogens is 552 g/mol. The molecule has 5 rings (SSSR count). The van der Waals surface area contributed by atoms with E-state index in [-0.39, 0.29) is 35.4 Å². The highest BCUT2D eigenvalue weighted by Gasteiger charge is 2.35. The van der Waals surface area contributed by atoms with Crippen LogP contribution in [0.2, 0.25) is 0 Å². The highest BCUT2D eigenvalue weighted by molar-refractivity contribution is 8.03. The van der Waals surface area contributed by atoms with Gasteiger partial charge in [0.2, 0.25) is 0 Å². The van der Waals surface area contributed by atoms with Crippen LogP contribution in [-0.2, 0) is 16.4 Å². The number of sulfone groups is 1. The van der Waals surface area contributed by atoms with Crippen molar-refractivity contribution >= 4 is 33.4 Å². The van der Waals surface area contributed by atoms with Gasteiger partial charge in [-0.25, -0.2) is 8.42 Å². The van der Waals surface area contributed by atoms with Crippen molar-refractivity contribution < 1.29 is 27.5 Å². The van der Waals surface area contributed by atoms with Gasteiger partial charge in [-0.05, 0) is 55.2 Å². The molecule has 1 fully saturated rings. The van der Waals surface area contributed by atoms with Crippen LogP contribution in [0.4, 0.5) is 0 Å². The zero-order valence-corrected chi connectivity index (χ0v) is 24.2. The Morgan fingerprint density at radius 2 is 1.77 bits per heavy atom. The number of ether oxygens (including phenoxy) is 2. The van der Waals surface area contributed by atoms with Crippen molar-refractivity contribution in [2.24, 2.45) is 0 Å². The van der Waals surface area contributed by atoms with E-state index in [0.29, 0.717) is 41.8 Å². The smallest absolute Gasteiger partial charge is 0.253 e. The van der Waals surface area contributed by atoms with E-state index in [9.17, 15) is 18.0 Å². The van der Waals surface area contributed by atoms with E-state index in [2.05, 4.69) is 20.9 Å². The number of hydrogen-bond donors (Lipinski definition) is 3. The second-order valence-electron chi connectivity index (χ2n) is 10.1. The molecule has 2 unspecified atom stereocenters. The zero-order valence-electron chi connectivity index (χ0n) is 22.6. The summed E-state index contributed by atoms with van der Waals surface area (Å²) in [5, 5.41) is 9.39. The van der Waals surface area contributed by atoms with Gasteiger partial charge in [0.15, 0.2) is 26.8 Å². The number of carbonyl (C=O) groups excluding carboxylic acids is 2. The van der Waals surface area contributed by atoms with Crippen molar-refractivity contribution in [2.45, 2.75) is 37.3 Å². The number of nitrogens with zero attached hydrogens (tertiary/aromatic N) is 1. The van der Waals surface area contributed by atoms with Crippen LogP contribution in [-0.4, -0.2) is 75.5 Å². The lowest BCUT2D eigenvalue weighted by molar-refractivity contribution is 0.0942. The van der Waals surface area contributed by atoms with Crippen LogP contribution in [0.15, 0.2) is 53.1 Å². The molecule has 2 heterocycles. The maximum Gasteiger partial charge on any atom is 0.253 e. The fraction of sp³-hybridized carbons (Fsp3) is 0.429. The first-order valence-corrected chi connectivity index (χ1v) is 15.9. The third-order valence-electron chi connectivity index (χ3n) is 7.50. The maximum absolute atomic E-state index is 13.1. The van der Waals surface area contributed by atoms with Crippen molar-refractivity contribution in [3.63, 3.8) is 0 Å². The van der Waals surface area contributed by atoms with E-state index in [1.165, 1.54) is 24.8 Å². The van der Waals surface area contributed by atoms with E-state index in [1.54, 1.807) is 48.2 Å². The number of amides is 2. The number of rotatable bonds is 8. The number of allylic oxidation sites excluding steroid dienone is 1. The lowest BCUT2D eigenvalue weighted by Crippen LogP contribution is -2.46. The number of benzene rings is 2. The molecule has 0 bridgehead atoms. The summed E-state index contributed by atoms with van der Waals surface area (Å²) < 4.78 is 34.1. The Kier molecular flexibility index (Phi) is 8.57. The first kappa shape index (κ1) is 28.3. The highest BCUT2D eigenvalue weighted by Crippen LogP contribution is 2.40. The van der Waals surface area contributed by atoms with Crippen LogP contribution in [0, 0.1) is 0 Å². The van der Waals surface area contributed by atoms with E-state index < -0.39 is 9.84 Å². The minimum Gasteiger partial charge on any atom is -0.493 e.